The second-order valence-electron chi connectivity index (χ2n) is 7.07. The molecule has 30 heavy (non-hydrogen) atoms. The summed E-state index contributed by atoms with van der Waals surface area (Å²) in [5.41, 5.74) is 0.858. The molecule has 0 unspecified atom stereocenters. The summed E-state index contributed by atoms with van der Waals surface area (Å²) in [4.78, 5) is 20.1. The fourth-order valence-electron chi connectivity index (χ4n) is 2.99. The third-order valence-corrected chi connectivity index (χ3v) is 6.01. The molecule has 0 bridgehead atoms. The minimum Gasteiger partial charge on any atom is -0.493 e. The number of benzene rings is 1. The number of rotatable bonds is 10. The van der Waals surface area contributed by atoms with Gasteiger partial charge in [0.1, 0.15) is 11.6 Å². The van der Waals surface area contributed by atoms with E-state index in [2.05, 4.69) is 18.8 Å². The summed E-state index contributed by atoms with van der Waals surface area (Å²) in [5, 5.41) is 4.73. The predicted molar refractivity (Wildman–Crippen MR) is 120 cm³/mol. The molecule has 6 nitrogen and oxygen atoms in total. The molecule has 0 saturated heterocycles. The molecule has 0 aliphatic carbocycles. The third-order valence-electron chi connectivity index (χ3n) is 4.28. The Hall–Kier alpha value is -2.58. The lowest BCUT2D eigenvalue weighted by Crippen LogP contribution is -2.33. The van der Waals surface area contributed by atoms with Gasteiger partial charge in [0.25, 0.3) is 5.91 Å². The van der Waals surface area contributed by atoms with Crippen LogP contribution in [0.3, 0.4) is 0 Å². The highest BCUT2D eigenvalue weighted by Crippen LogP contribution is 2.37. The summed E-state index contributed by atoms with van der Waals surface area (Å²) in [6.45, 7) is 5.66. The molecular formula is C22H26N2O4S2. The molecule has 0 fully saturated rings. The van der Waals surface area contributed by atoms with Gasteiger partial charge in [0, 0.05) is 11.9 Å². The number of carbonyl (C=O) groups excluding carboxylic acids is 1. The van der Waals surface area contributed by atoms with E-state index in [-0.39, 0.29) is 5.91 Å². The zero-order valence-electron chi connectivity index (χ0n) is 17.6. The fourth-order valence-corrected chi connectivity index (χ4v) is 4.38. The number of para-hydroxylation sites is 1. The van der Waals surface area contributed by atoms with E-state index in [9.17, 15) is 4.79 Å². The lowest BCUT2D eigenvalue weighted by atomic mass is 10.2. The number of ether oxygens (including phenoxy) is 3. The van der Waals surface area contributed by atoms with Crippen LogP contribution in [0, 0.1) is 5.92 Å². The zero-order valence-corrected chi connectivity index (χ0v) is 19.2. The molecule has 3 aromatic rings. The molecule has 1 aromatic carbocycles. The SMILES string of the molecule is COc1cccc(OC)c1OCc1nc(CN(CC(C)C)C(=O)c2cccs2)cs1. The monoisotopic (exact) mass is 446 g/mol. The minimum absolute atomic E-state index is 0.0447. The fraction of sp³-hybridized carbons (Fsp3) is 0.364. The van der Waals surface area contributed by atoms with Crippen molar-refractivity contribution in [2.24, 2.45) is 5.92 Å². The number of amides is 1. The average Bonchev–Trinajstić information content (AvgIpc) is 3.43. The molecule has 0 aliphatic rings. The van der Waals surface area contributed by atoms with Crippen molar-refractivity contribution in [3.63, 3.8) is 0 Å². The molecule has 0 spiro atoms. The summed E-state index contributed by atoms with van der Waals surface area (Å²) in [6.07, 6.45) is 0. The van der Waals surface area contributed by atoms with Gasteiger partial charge in [0.15, 0.2) is 11.5 Å². The molecule has 0 saturated carbocycles. The van der Waals surface area contributed by atoms with Crippen LogP contribution in [-0.4, -0.2) is 36.6 Å². The van der Waals surface area contributed by atoms with Gasteiger partial charge in [-0.05, 0) is 29.5 Å². The Morgan fingerprint density at radius 3 is 2.43 bits per heavy atom. The largest absolute Gasteiger partial charge is 0.493 e. The van der Waals surface area contributed by atoms with Crippen LogP contribution >= 0.6 is 22.7 Å². The van der Waals surface area contributed by atoms with Crippen molar-refractivity contribution in [1.82, 2.24) is 9.88 Å². The van der Waals surface area contributed by atoms with Gasteiger partial charge in [0.2, 0.25) is 5.75 Å². The van der Waals surface area contributed by atoms with Gasteiger partial charge < -0.3 is 19.1 Å². The highest BCUT2D eigenvalue weighted by atomic mass is 32.1. The molecule has 0 radical (unpaired) electrons. The van der Waals surface area contributed by atoms with Crippen LogP contribution < -0.4 is 14.2 Å². The average molecular weight is 447 g/mol. The number of methoxy groups -OCH3 is 2. The van der Waals surface area contributed by atoms with E-state index in [0.717, 1.165) is 15.6 Å². The lowest BCUT2D eigenvalue weighted by molar-refractivity contribution is 0.0725. The van der Waals surface area contributed by atoms with Crippen LogP contribution in [0.2, 0.25) is 0 Å². The van der Waals surface area contributed by atoms with Gasteiger partial charge in [-0.1, -0.05) is 26.0 Å². The number of carbonyl (C=O) groups is 1. The van der Waals surface area contributed by atoms with Crippen molar-refractivity contribution in [3.8, 4) is 17.2 Å². The van der Waals surface area contributed by atoms with Crippen LogP contribution in [0.5, 0.6) is 17.2 Å². The molecule has 0 aliphatic heterocycles. The summed E-state index contributed by atoms with van der Waals surface area (Å²) >= 11 is 2.97. The van der Waals surface area contributed by atoms with Crippen LogP contribution in [0.4, 0.5) is 0 Å². The minimum atomic E-state index is 0.0447. The first-order valence-corrected chi connectivity index (χ1v) is 11.4. The number of hydrogen-bond acceptors (Lipinski definition) is 7. The van der Waals surface area contributed by atoms with Crippen molar-refractivity contribution in [2.75, 3.05) is 20.8 Å². The number of aromatic nitrogens is 1. The Morgan fingerprint density at radius 1 is 1.10 bits per heavy atom. The summed E-state index contributed by atoms with van der Waals surface area (Å²) in [5.74, 6) is 2.18. The maximum atomic E-state index is 12.9. The van der Waals surface area contributed by atoms with Crippen molar-refractivity contribution in [3.05, 3.63) is 56.7 Å². The van der Waals surface area contributed by atoms with E-state index in [0.29, 0.717) is 42.9 Å². The molecule has 3 rings (SSSR count). The van der Waals surface area contributed by atoms with E-state index < -0.39 is 0 Å². The first-order chi connectivity index (χ1) is 14.5. The van der Waals surface area contributed by atoms with Gasteiger partial charge in [-0.3, -0.25) is 4.79 Å². The van der Waals surface area contributed by atoms with Gasteiger partial charge >= 0.3 is 0 Å². The van der Waals surface area contributed by atoms with E-state index in [1.807, 2.05) is 46.0 Å². The molecular weight excluding hydrogens is 420 g/mol. The normalized spacial score (nSPS) is 10.8. The number of thiazole rings is 1. The molecule has 0 N–H and O–H groups in total. The molecule has 2 aromatic heterocycles. The maximum Gasteiger partial charge on any atom is 0.264 e. The van der Waals surface area contributed by atoms with Crippen molar-refractivity contribution < 1.29 is 19.0 Å². The predicted octanol–water partition coefficient (Wildman–Crippen LogP) is 5.10. The highest BCUT2D eigenvalue weighted by molar-refractivity contribution is 7.12. The Balaban J connectivity index is 1.69. The Labute approximate surface area is 185 Å². The van der Waals surface area contributed by atoms with Crippen molar-refractivity contribution >= 4 is 28.6 Å². The van der Waals surface area contributed by atoms with Gasteiger partial charge in [0.05, 0.1) is 31.3 Å². The van der Waals surface area contributed by atoms with Gasteiger partial charge in [-0.25, -0.2) is 4.98 Å². The molecule has 1 amide bonds. The first-order valence-electron chi connectivity index (χ1n) is 9.61. The Kier molecular flexibility index (Phi) is 7.70. The summed E-state index contributed by atoms with van der Waals surface area (Å²) in [6, 6.07) is 9.26. The second kappa shape index (κ2) is 10.4. The van der Waals surface area contributed by atoms with Crippen LogP contribution in [0.25, 0.3) is 0 Å². The number of nitrogens with zero attached hydrogens (tertiary/aromatic N) is 2. The summed E-state index contributed by atoms with van der Waals surface area (Å²) in [7, 11) is 3.19. The first kappa shape index (κ1) is 22.1. The van der Waals surface area contributed by atoms with Crippen molar-refractivity contribution in [2.45, 2.75) is 27.0 Å². The summed E-state index contributed by atoms with van der Waals surface area (Å²) < 4.78 is 16.7. The maximum absolute atomic E-state index is 12.9. The second-order valence-corrected chi connectivity index (χ2v) is 8.96. The zero-order chi connectivity index (χ0) is 21.5. The Morgan fingerprint density at radius 2 is 1.83 bits per heavy atom. The van der Waals surface area contributed by atoms with Crippen molar-refractivity contribution in [1.29, 1.82) is 0 Å². The molecule has 0 atom stereocenters. The van der Waals surface area contributed by atoms with Crippen LogP contribution in [0.1, 0.15) is 34.2 Å². The smallest absolute Gasteiger partial charge is 0.264 e. The standard InChI is InChI=1S/C22H26N2O4S2/c1-15(2)11-24(22(25)19-9-6-10-29-19)12-16-14-30-20(23-16)13-28-21-17(26-3)7-5-8-18(21)27-4/h5-10,14-15H,11-13H2,1-4H3. The van der Waals surface area contributed by atoms with Crippen LogP contribution in [-0.2, 0) is 13.2 Å². The van der Waals surface area contributed by atoms with Gasteiger partial charge in [-0.15, -0.1) is 22.7 Å². The highest BCUT2D eigenvalue weighted by Gasteiger charge is 2.20. The topological polar surface area (TPSA) is 60.9 Å². The quantitative estimate of drug-likeness (QED) is 0.434. The Bertz CT molecular complexity index is 932. The molecule has 8 heteroatoms. The number of thiophene rings is 1. The van der Waals surface area contributed by atoms with E-state index in [1.165, 1.54) is 22.7 Å². The van der Waals surface area contributed by atoms with E-state index >= 15 is 0 Å². The van der Waals surface area contributed by atoms with Gasteiger partial charge in [-0.2, -0.15) is 0 Å². The number of hydrogen-bond donors (Lipinski definition) is 0. The third kappa shape index (κ3) is 5.52. The molecule has 2 heterocycles. The van der Waals surface area contributed by atoms with E-state index in [1.54, 1.807) is 14.2 Å². The van der Waals surface area contributed by atoms with Crippen LogP contribution in [0.15, 0.2) is 41.1 Å². The molecule has 160 valence electrons. The van der Waals surface area contributed by atoms with E-state index in [4.69, 9.17) is 14.2 Å². The lowest BCUT2D eigenvalue weighted by Gasteiger charge is -2.23.